The number of aromatic nitrogens is 5. The van der Waals surface area contributed by atoms with E-state index >= 15 is 0 Å². The maximum atomic E-state index is 14.3. The van der Waals surface area contributed by atoms with Crippen LogP contribution in [0.5, 0.6) is 0 Å². The molecule has 6 atom stereocenters. The number of aliphatic hydroxyl groups is 3. The maximum Gasteiger partial charge on any atom is 0.191 e. The number of halogens is 1. The van der Waals surface area contributed by atoms with E-state index in [1.54, 1.807) is 19.9 Å². The Morgan fingerprint density at radius 3 is 2.89 bits per heavy atom. The second-order valence-electron chi connectivity index (χ2n) is 8.46. The van der Waals surface area contributed by atoms with Crippen LogP contribution in [0.4, 0.5) is 10.2 Å². The highest BCUT2D eigenvalue weighted by Gasteiger charge is 2.45. The van der Waals surface area contributed by atoms with E-state index in [0.29, 0.717) is 17.3 Å². The molecule has 2 aliphatic rings. The third-order valence-electron chi connectivity index (χ3n) is 6.03. The van der Waals surface area contributed by atoms with E-state index in [1.807, 2.05) is 0 Å². The molecule has 0 amide bonds. The predicted octanol–water partition coefficient (Wildman–Crippen LogP) is 2.18. The summed E-state index contributed by atoms with van der Waals surface area (Å²) < 4.78 is 78.6. The number of hydrogen-bond acceptors (Lipinski definition) is 10. The molecule has 0 spiro atoms. The topological polar surface area (TPSA) is 138 Å². The van der Waals surface area contributed by atoms with Crippen molar-refractivity contribution in [2.24, 2.45) is 0 Å². The van der Waals surface area contributed by atoms with Gasteiger partial charge in [-0.2, -0.15) is 0 Å². The Morgan fingerprint density at radius 2 is 2.14 bits per heavy atom. The first-order valence-electron chi connectivity index (χ1n) is 14.9. The third-order valence-corrected chi connectivity index (χ3v) is 6.83. The molecule has 2 fully saturated rings. The maximum absolute atomic E-state index is 14.3. The van der Waals surface area contributed by atoms with Gasteiger partial charge >= 0.3 is 0 Å². The second-order valence-corrected chi connectivity index (χ2v) is 9.32. The summed E-state index contributed by atoms with van der Waals surface area (Å²) in [5.41, 5.74) is -1.21. The molecule has 0 bridgehead atoms. The number of anilines is 1. The van der Waals surface area contributed by atoms with Crippen LogP contribution in [0.25, 0.3) is 11.2 Å². The Bertz CT molecular complexity index is 1560. The average Bonchev–Trinajstić information content (AvgIpc) is 3.17. The number of fused-ring (bicyclic) bond motifs is 1. The monoisotopic (exact) mass is 525 g/mol. The molecule has 36 heavy (non-hydrogen) atoms. The number of nitrogens with one attached hydrogen (secondary N) is 1. The predicted molar refractivity (Wildman–Crippen MR) is 133 cm³/mol. The summed E-state index contributed by atoms with van der Waals surface area (Å²) in [6.07, 6.45) is -6.44. The zero-order valence-corrected chi connectivity index (χ0v) is 20.4. The molecule has 10 nitrogen and oxygen atoms in total. The molecule has 1 aromatic carbocycles. The van der Waals surface area contributed by atoms with Crippen LogP contribution in [0.2, 0.25) is 0 Å². The van der Waals surface area contributed by atoms with Crippen molar-refractivity contribution in [2.45, 2.75) is 74.5 Å². The molecular weight excluding hydrogens is 487 g/mol. The van der Waals surface area contributed by atoms with E-state index in [0.717, 1.165) is 4.68 Å². The first-order valence-corrected chi connectivity index (χ1v) is 12.2. The van der Waals surface area contributed by atoms with Crippen molar-refractivity contribution in [3.05, 3.63) is 35.1 Å². The van der Waals surface area contributed by atoms with Crippen molar-refractivity contribution < 1.29 is 34.0 Å². The van der Waals surface area contributed by atoms with Gasteiger partial charge in [0, 0.05) is 28.1 Å². The van der Waals surface area contributed by atoms with Crippen molar-refractivity contribution >= 4 is 28.7 Å². The van der Waals surface area contributed by atoms with Gasteiger partial charge in [0.05, 0.1) is 30.8 Å². The van der Waals surface area contributed by atoms with Crippen LogP contribution < -0.4 is 5.32 Å². The SMILES string of the molecule is [2H]C([2H])(CO)O[C@@]1([2H])C[C@@H](n2nnc3c(N[C@]4([2H])C[C@@]4([2H])c4ccc(C)c(F)c4)nc(SC([2H])([2H])CC)nc32)[C@H](O)[C@@H]1O. The van der Waals surface area contributed by atoms with Gasteiger partial charge in [0.2, 0.25) is 0 Å². The van der Waals surface area contributed by atoms with E-state index in [9.17, 15) is 19.7 Å². The van der Waals surface area contributed by atoms with Crippen molar-refractivity contribution in [3.63, 3.8) is 0 Å². The van der Waals surface area contributed by atoms with Crippen molar-refractivity contribution in [3.8, 4) is 0 Å². The Morgan fingerprint density at radius 1 is 1.31 bits per heavy atom. The quantitative estimate of drug-likeness (QED) is 0.230. The van der Waals surface area contributed by atoms with Gasteiger partial charge in [-0.15, -0.1) is 5.10 Å². The lowest BCUT2D eigenvalue weighted by molar-refractivity contribution is -0.0629. The summed E-state index contributed by atoms with van der Waals surface area (Å²) in [4.78, 5) is 8.75. The number of ether oxygens (including phenoxy) is 1. The minimum atomic E-state index is -2.69. The number of hydrogen-bond donors (Lipinski definition) is 4. The number of rotatable bonds is 10. The highest BCUT2D eigenvalue weighted by atomic mass is 32.2. The number of benzene rings is 1. The second kappa shape index (κ2) is 10.5. The van der Waals surface area contributed by atoms with Gasteiger partial charge in [-0.25, -0.2) is 19.0 Å². The Hall–Kier alpha value is -2.38. The fourth-order valence-electron chi connectivity index (χ4n) is 4.06. The molecule has 194 valence electrons. The van der Waals surface area contributed by atoms with Crippen molar-refractivity contribution in [1.82, 2.24) is 25.0 Å². The molecule has 0 saturated heterocycles. The largest absolute Gasteiger partial charge is 0.394 e. The summed E-state index contributed by atoms with van der Waals surface area (Å²) in [6.45, 7) is -0.572. The zero-order chi connectivity index (χ0) is 31.8. The number of thioether (sulfide) groups is 1. The fraction of sp³-hybridized carbons (Fsp3) is 0.583. The van der Waals surface area contributed by atoms with Gasteiger partial charge in [-0.05, 0) is 37.0 Å². The first kappa shape index (κ1) is 18.0. The molecule has 0 unspecified atom stereocenters. The summed E-state index contributed by atoms with van der Waals surface area (Å²) in [5.74, 6) is -2.13. The molecule has 5 rings (SSSR count). The molecule has 2 aromatic heterocycles. The van der Waals surface area contributed by atoms with Gasteiger partial charge in [0.15, 0.2) is 22.1 Å². The molecule has 2 heterocycles. The highest BCUT2D eigenvalue weighted by molar-refractivity contribution is 7.99. The van der Waals surface area contributed by atoms with Gasteiger partial charge in [-0.1, -0.05) is 36.0 Å². The lowest BCUT2D eigenvalue weighted by Crippen LogP contribution is -2.33. The molecule has 12 heteroatoms. The molecule has 4 N–H and O–H groups in total. The third kappa shape index (κ3) is 4.92. The first-order chi connectivity index (χ1) is 19.9. The minimum Gasteiger partial charge on any atom is -0.394 e. The van der Waals surface area contributed by atoms with Gasteiger partial charge in [0.1, 0.15) is 18.0 Å². The van der Waals surface area contributed by atoms with Crippen LogP contribution >= 0.6 is 11.8 Å². The Kier molecular flexibility index (Phi) is 5.26. The standard InChI is InChI=1S/C24H31FN6O4S/c1-3-8-36-24-27-22(26-16-10-14(16)13-5-4-12(2)15(25)9-13)19-23(28-24)31(30-29-19)17-11-18(35-7-6-32)21(34)20(17)33/h4-5,9,14,16-18,20-21,32-34H,3,6-8,10-11H2,1-2H3,(H,26,27,28)/t14-,16+,17+,18-,20-,21+/m0/s1/i7D2,8D2,14D,16D,18D. The summed E-state index contributed by atoms with van der Waals surface area (Å²) in [5, 5.41) is 41.7. The van der Waals surface area contributed by atoms with E-state index in [2.05, 4.69) is 25.6 Å². The zero-order valence-electron chi connectivity index (χ0n) is 26.6. The van der Waals surface area contributed by atoms with Crippen LogP contribution in [0.1, 0.15) is 58.8 Å². The van der Waals surface area contributed by atoms with Crippen molar-refractivity contribution in [1.29, 1.82) is 0 Å². The minimum absolute atomic E-state index is 0.0202. The molecule has 3 aromatic rings. The highest BCUT2D eigenvalue weighted by Crippen LogP contribution is 2.44. The van der Waals surface area contributed by atoms with E-state index < -0.39 is 67.4 Å². The van der Waals surface area contributed by atoms with E-state index in [-0.39, 0.29) is 40.5 Å². The van der Waals surface area contributed by atoms with Crippen LogP contribution in [0.3, 0.4) is 0 Å². The van der Waals surface area contributed by atoms with Crippen LogP contribution in [-0.2, 0) is 4.74 Å². The number of nitrogens with zero attached hydrogens (tertiary/aromatic N) is 5. The lowest BCUT2D eigenvalue weighted by Gasteiger charge is -2.17. The van der Waals surface area contributed by atoms with Gasteiger partial charge in [0.25, 0.3) is 0 Å². The molecular formula is C24H31FN6O4S. The number of aliphatic hydroxyl groups excluding tert-OH is 3. The van der Waals surface area contributed by atoms with Crippen molar-refractivity contribution in [2.75, 3.05) is 24.2 Å². The number of aryl methyl sites for hydroxylation is 1. The summed E-state index contributed by atoms with van der Waals surface area (Å²) >= 11 is 0.681. The smallest absolute Gasteiger partial charge is 0.191 e. The van der Waals surface area contributed by atoms with Crippen LogP contribution in [0, 0.1) is 12.7 Å². The average molecular weight is 526 g/mol. The van der Waals surface area contributed by atoms with Crippen LogP contribution in [0.15, 0.2) is 23.4 Å². The molecule has 2 aliphatic carbocycles. The lowest BCUT2D eigenvalue weighted by atomic mass is 10.1. The Balaban J connectivity index is 1.55. The summed E-state index contributed by atoms with van der Waals surface area (Å²) in [7, 11) is 0. The van der Waals surface area contributed by atoms with E-state index in [4.69, 9.17) is 14.3 Å². The molecule has 0 radical (unpaired) electrons. The molecule has 2 saturated carbocycles. The molecule has 0 aliphatic heterocycles. The van der Waals surface area contributed by atoms with E-state index in [1.165, 1.54) is 12.1 Å². The van der Waals surface area contributed by atoms with Gasteiger partial charge < -0.3 is 25.4 Å². The summed E-state index contributed by atoms with van der Waals surface area (Å²) in [6, 6.07) is 1.42. The van der Waals surface area contributed by atoms with Crippen LogP contribution in [-0.4, -0.2) is 83.5 Å². The van der Waals surface area contributed by atoms with Gasteiger partial charge in [-0.3, -0.25) is 0 Å². The Labute approximate surface area is 222 Å². The fourth-order valence-corrected chi connectivity index (χ4v) is 4.60. The normalized spacial score (nSPS) is 37.4.